The van der Waals surface area contributed by atoms with Gasteiger partial charge >= 0.3 is 5.97 Å². The number of fused-ring (bicyclic) bond motifs is 1. The second kappa shape index (κ2) is 16.0. The third kappa shape index (κ3) is 8.97. The van der Waals surface area contributed by atoms with Crippen molar-refractivity contribution < 1.29 is 29.4 Å². The average Bonchev–Trinajstić information content (AvgIpc) is 3.70. The molecular weight excluding hydrogens is 600 g/mol. The van der Waals surface area contributed by atoms with Crippen molar-refractivity contribution >= 4 is 34.6 Å². The lowest BCUT2D eigenvalue weighted by Gasteiger charge is -2.34. The first-order chi connectivity index (χ1) is 22.4. The fourth-order valence-electron chi connectivity index (χ4n) is 6.04. The van der Waals surface area contributed by atoms with E-state index >= 15 is 0 Å². The van der Waals surface area contributed by atoms with Gasteiger partial charge in [-0.15, -0.1) is 0 Å². The summed E-state index contributed by atoms with van der Waals surface area (Å²) in [5.74, 6) is -2.84. The first kappa shape index (κ1) is 35.6. The Morgan fingerprint density at radius 1 is 0.936 bits per heavy atom. The maximum Gasteiger partial charge on any atom is 0.326 e. The molecule has 47 heavy (non-hydrogen) atoms. The average molecular weight is 649 g/mol. The number of aromatic nitrogens is 1. The van der Waals surface area contributed by atoms with E-state index in [4.69, 9.17) is 5.73 Å². The van der Waals surface area contributed by atoms with Crippen LogP contribution in [0.15, 0.2) is 60.8 Å². The number of carboxylic acids is 1. The molecule has 1 aliphatic heterocycles. The summed E-state index contributed by atoms with van der Waals surface area (Å²) in [6.45, 7) is 7.66. The smallest absolute Gasteiger partial charge is 0.326 e. The number of carboxylic acid groups (broad SMARTS) is 1. The largest absolute Gasteiger partial charge is 0.480 e. The number of H-pyrrole nitrogens is 1. The lowest BCUT2D eigenvalue weighted by molar-refractivity contribution is -0.144. The van der Waals surface area contributed by atoms with Crippen LogP contribution in [0.2, 0.25) is 0 Å². The number of rotatable bonds is 15. The van der Waals surface area contributed by atoms with Crippen LogP contribution in [-0.2, 0) is 32.0 Å². The molecule has 8 N–H and O–H groups in total. The highest BCUT2D eigenvalue weighted by atomic mass is 16.4. The number of carbonyl (C=O) groups is 4. The van der Waals surface area contributed by atoms with Crippen LogP contribution in [0.5, 0.6) is 0 Å². The topological polar surface area (TPSA) is 190 Å². The number of aliphatic hydroxyl groups excluding tert-OH is 1. The van der Waals surface area contributed by atoms with Gasteiger partial charge in [0.2, 0.25) is 17.7 Å². The number of hydrogen-bond acceptors (Lipinski definition) is 7. The monoisotopic (exact) mass is 648 g/mol. The first-order valence-corrected chi connectivity index (χ1v) is 16.3. The van der Waals surface area contributed by atoms with Crippen LogP contribution in [0.1, 0.15) is 51.7 Å². The molecule has 0 spiro atoms. The summed E-state index contributed by atoms with van der Waals surface area (Å²) in [5, 5.41) is 30.8. The zero-order chi connectivity index (χ0) is 34.2. The number of benzene rings is 2. The number of aromatic amines is 1. The molecule has 254 valence electrons. The number of nitrogens with zero attached hydrogens (tertiary/aromatic N) is 1. The molecule has 1 aliphatic rings. The van der Waals surface area contributed by atoms with E-state index in [1.54, 1.807) is 6.20 Å². The number of aliphatic carboxylic acids is 1. The molecule has 2 aromatic carbocycles. The predicted octanol–water partition coefficient (Wildman–Crippen LogP) is 1.91. The fourth-order valence-corrected chi connectivity index (χ4v) is 6.04. The molecule has 3 amide bonds. The maximum absolute atomic E-state index is 14.2. The minimum Gasteiger partial charge on any atom is -0.480 e. The van der Waals surface area contributed by atoms with E-state index in [1.807, 2.05) is 82.3 Å². The molecule has 0 bridgehead atoms. The van der Waals surface area contributed by atoms with Crippen LogP contribution in [-0.4, -0.2) is 86.8 Å². The van der Waals surface area contributed by atoms with Gasteiger partial charge in [-0.25, -0.2) is 4.79 Å². The summed E-state index contributed by atoms with van der Waals surface area (Å²) in [5.41, 5.74) is 8.51. The number of carbonyl (C=O) groups excluding carboxylic acids is 3. The van der Waals surface area contributed by atoms with Crippen LogP contribution in [0, 0.1) is 11.8 Å². The molecule has 0 unspecified atom stereocenters. The number of likely N-dealkylation sites (tertiary alicyclic amines) is 1. The second-order valence-corrected chi connectivity index (χ2v) is 13.1. The second-order valence-electron chi connectivity index (χ2n) is 13.1. The molecule has 0 saturated carbocycles. The van der Waals surface area contributed by atoms with Crippen LogP contribution in [0.4, 0.5) is 0 Å². The van der Waals surface area contributed by atoms with Crippen molar-refractivity contribution in [3.63, 3.8) is 0 Å². The summed E-state index contributed by atoms with van der Waals surface area (Å²) in [4.78, 5) is 57.4. The summed E-state index contributed by atoms with van der Waals surface area (Å²) in [7, 11) is 0. The van der Waals surface area contributed by atoms with Crippen molar-refractivity contribution in [2.75, 3.05) is 6.54 Å². The fraction of sp³-hybridized carbons (Fsp3) is 0.486. The molecule has 12 heteroatoms. The highest BCUT2D eigenvalue weighted by molar-refractivity contribution is 5.93. The molecule has 12 nitrogen and oxygen atoms in total. The van der Waals surface area contributed by atoms with Crippen LogP contribution in [0.3, 0.4) is 0 Å². The van der Waals surface area contributed by atoms with Gasteiger partial charge < -0.3 is 36.5 Å². The van der Waals surface area contributed by atoms with Crippen molar-refractivity contribution in [3.8, 4) is 0 Å². The van der Waals surface area contributed by atoms with Gasteiger partial charge in [0.15, 0.2) is 0 Å². The van der Waals surface area contributed by atoms with Crippen molar-refractivity contribution in [2.24, 2.45) is 17.6 Å². The van der Waals surface area contributed by atoms with E-state index < -0.39 is 60.1 Å². The highest BCUT2D eigenvalue weighted by Gasteiger charge is 2.40. The predicted molar refractivity (Wildman–Crippen MR) is 179 cm³/mol. The van der Waals surface area contributed by atoms with Crippen molar-refractivity contribution in [3.05, 3.63) is 71.9 Å². The van der Waals surface area contributed by atoms with Crippen molar-refractivity contribution in [2.45, 2.75) is 89.8 Å². The molecule has 6 atom stereocenters. The van der Waals surface area contributed by atoms with Gasteiger partial charge in [-0.1, -0.05) is 76.2 Å². The number of aliphatic hydroxyl groups is 1. The van der Waals surface area contributed by atoms with Crippen molar-refractivity contribution in [1.29, 1.82) is 0 Å². The Bertz CT molecular complexity index is 1520. The standard InChI is InChI=1S/C35H48N6O6/c1-20(2)29(36)32(43)40-30(21(3)4)33(44)38-26(17-22-11-6-5-7-12-22)34(45)41-16-10-15-28(41)31(42)39-27(35(46)47)18-23-19-37-25-14-9-8-13-24(23)25/h5-9,11-14,19-21,26-30,33,37-38,44H,10,15-18,36H2,1-4H3,(H,39,42)(H,40,43)(H,46,47)/t26-,27-,28-,29-,30-,33-/m0/s1. The van der Waals surface area contributed by atoms with E-state index in [9.17, 15) is 29.4 Å². The van der Waals surface area contributed by atoms with Gasteiger partial charge in [0.25, 0.3) is 0 Å². The molecule has 0 radical (unpaired) electrons. The Labute approximate surface area is 275 Å². The zero-order valence-electron chi connectivity index (χ0n) is 27.5. The normalized spacial score (nSPS) is 18.1. The molecule has 4 rings (SSSR count). The highest BCUT2D eigenvalue weighted by Crippen LogP contribution is 2.22. The van der Waals surface area contributed by atoms with E-state index in [1.165, 1.54) is 4.90 Å². The van der Waals surface area contributed by atoms with E-state index in [2.05, 4.69) is 20.9 Å². The Kier molecular flexibility index (Phi) is 12.1. The molecule has 2 heterocycles. The molecule has 1 aromatic heterocycles. The zero-order valence-corrected chi connectivity index (χ0v) is 27.5. The van der Waals surface area contributed by atoms with Crippen LogP contribution in [0.25, 0.3) is 10.9 Å². The van der Waals surface area contributed by atoms with Gasteiger partial charge in [-0.3, -0.25) is 19.7 Å². The summed E-state index contributed by atoms with van der Waals surface area (Å²) in [6.07, 6.45) is 1.64. The van der Waals surface area contributed by atoms with Gasteiger partial charge in [0.05, 0.1) is 18.1 Å². The SMILES string of the molecule is CC(C)[C@H](N)C(=O)N[C@@H](C(C)C)[C@H](O)N[C@@H](Cc1ccccc1)C(=O)N1CCC[C@H]1C(=O)N[C@@H](Cc1c[nH]c2ccccc12)C(=O)O. The van der Waals surface area contributed by atoms with Crippen molar-refractivity contribution in [1.82, 2.24) is 25.8 Å². The maximum atomic E-state index is 14.2. The molecule has 0 aliphatic carbocycles. The molecule has 1 saturated heterocycles. The number of amides is 3. The Morgan fingerprint density at radius 3 is 2.28 bits per heavy atom. The number of hydrogen-bond donors (Lipinski definition) is 7. The summed E-state index contributed by atoms with van der Waals surface area (Å²) >= 11 is 0. The van der Waals surface area contributed by atoms with E-state index in [0.717, 1.165) is 22.0 Å². The van der Waals surface area contributed by atoms with Crippen LogP contribution < -0.4 is 21.7 Å². The lowest BCUT2D eigenvalue weighted by Crippen LogP contribution is -2.61. The van der Waals surface area contributed by atoms with Gasteiger partial charge in [-0.2, -0.15) is 0 Å². The number of nitrogens with one attached hydrogen (secondary N) is 4. The minimum atomic E-state index is -1.31. The summed E-state index contributed by atoms with van der Waals surface area (Å²) < 4.78 is 0. The summed E-state index contributed by atoms with van der Waals surface area (Å²) in [6, 6.07) is 12.3. The number of para-hydroxylation sites is 1. The van der Waals surface area contributed by atoms with Gasteiger partial charge in [0, 0.05) is 30.1 Å². The third-order valence-corrected chi connectivity index (χ3v) is 8.89. The first-order valence-electron chi connectivity index (χ1n) is 16.3. The molecular formula is C35H48N6O6. The number of nitrogens with two attached hydrogens (primary N) is 1. The lowest BCUT2D eigenvalue weighted by atomic mass is 9.98. The Morgan fingerprint density at radius 2 is 1.62 bits per heavy atom. The van der Waals surface area contributed by atoms with E-state index in [0.29, 0.717) is 19.4 Å². The van der Waals surface area contributed by atoms with Gasteiger partial charge in [-0.05, 0) is 48.3 Å². The van der Waals surface area contributed by atoms with Gasteiger partial charge in [0.1, 0.15) is 18.3 Å². The quantitative estimate of drug-likeness (QED) is 0.122. The minimum absolute atomic E-state index is 0.0684. The Balaban J connectivity index is 1.52. The van der Waals surface area contributed by atoms with Crippen LogP contribution >= 0.6 is 0 Å². The third-order valence-electron chi connectivity index (χ3n) is 8.89. The van der Waals surface area contributed by atoms with E-state index in [-0.39, 0.29) is 24.7 Å². The molecule has 1 fully saturated rings. The molecule has 3 aromatic rings. The Hall–Kier alpha value is -4.26.